The molecule has 2 heterocycles. The summed E-state index contributed by atoms with van der Waals surface area (Å²) in [6.45, 7) is -1.13. The average molecular weight is 460 g/mol. The first kappa shape index (κ1) is 22.8. The zero-order chi connectivity index (χ0) is 21.5. The molecule has 0 aliphatic heterocycles. The molecule has 2 aromatic rings. The van der Waals surface area contributed by atoms with E-state index in [0.717, 1.165) is 20.0 Å². The van der Waals surface area contributed by atoms with Crippen molar-refractivity contribution in [2.45, 2.75) is 6.54 Å². The van der Waals surface area contributed by atoms with Crippen LogP contribution in [0.25, 0.3) is 11.2 Å². The monoisotopic (exact) mass is 460 g/mol. The van der Waals surface area contributed by atoms with Gasteiger partial charge in [0.05, 0.1) is 20.8 Å². The van der Waals surface area contributed by atoms with Gasteiger partial charge in [-0.25, -0.2) is 14.1 Å². The summed E-state index contributed by atoms with van der Waals surface area (Å²) >= 11 is 0. The van der Waals surface area contributed by atoms with Crippen molar-refractivity contribution in [1.29, 1.82) is 0 Å². The SMILES string of the molecule is Cn1c(=O)c2c(ncn2CCOP(=O)([O-])OP(=O)([O-])OP(=O)([O-])[O-])n(C)c1=O. The highest BCUT2D eigenvalue weighted by molar-refractivity contribution is 7.64. The van der Waals surface area contributed by atoms with Crippen molar-refractivity contribution in [3.8, 4) is 0 Å². The van der Waals surface area contributed by atoms with Crippen LogP contribution in [0.1, 0.15) is 0 Å². The Labute approximate surface area is 155 Å². The molecule has 0 amide bonds. The summed E-state index contributed by atoms with van der Waals surface area (Å²) in [7, 11) is -15.2. The van der Waals surface area contributed by atoms with E-state index in [9.17, 15) is 42.9 Å². The molecule has 19 heteroatoms. The third kappa shape index (κ3) is 5.33. The van der Waals surface area contributed by atoms with E-state index < -0.39 is 41.3 Å². The second kappa shape index (κ2) is 7.76. The Morgan fingerprint density at radius 2 is 1.61 bits per heavy atom. The lowest BCUT2D eigenvalue weighted by Gasteiger charge is -2.37. The van der Waals surface area contributed by atoms with Gasteiger partial charge in [-0.3, -0.25) is 27.4 Å². The Balaban J connectivity index is 2.14. The summed E-state index contributed by atoms with van der Waals surface area (Å²) in [4.78, 5) is 70.8. The lowest BCUT2D eigenvalue weighted by molar-refractivity contribution is -0.339. The predicted molar refractivity (Wildman–Crippen MR) is 81.2 cm³/mol. The maximum absolute atomic E-state index is 12.2. The molecule has 2 atom stereocenters. The fourth-order valence-electron chi connectivity index (χ4n) is 2.10. The summed E-state index contributed by atoms with van der Waals surface area (Å²) in [6.07, 6.45) is 1.11. The molecule has 2 rings (SSSR count). The first-order valence-corrected chi connectivity index (χ1v) is 11.3. The summed E-state index contributed by atoms with van der Waals surface area (Å²) in [5, 5.41) is 0. The molecule has 2 aromatic heterocycles. The number of rotatable bonds is 8. The zero-order valence-corrected chi connectivity index (χ0v) is 16.7. The quantitative estimate of drug-likeness (QED) is 0.345. The zero-order valence-electron chi connectivity index (χ0n) is 14.0. The molecule has 0 N–H and O–H groups in total. The first-order chi connectivity index (χ1) is 12.6. The molecule has 2 unspecified atom stereocenters. The Morgan fingerprint density at radius 1 is 1.00 bits per heavy atom. The predicted octanol–water partition coefficient (Wildman–Crippen LogP) is -3.75. The molecule has 0 bridgehead atoms. The van der Waals surface area contributed by atoms with Crippen LogP contribution in [0.3, 0.4) is 0 Å². The third-order valence-electron chi connectivity index (χ3n) is 3.20. The van der Waals surface area contributed by atoms with E-state index >= 15 is 0 Å². The van der Waals surface area contributed by atoms with Crippen LogP contribution in [0.5, 0.6) is 0 Å². The van der Waals surface area contributed by atoms with Gasteiger partial charge in [0.15, 0.2) is 11.2 Å². The molecule has 0 aliphatic rings. The smallest absolute Gasteiger partial charge is 0.332 e. The van der Waals surface area contributed by atoms with Gasteiger partial charge in [0.25, 0.3) is 21.2 Å². The maximum atomic E-state index is 12.2. The fraction of sp³-hybridized carbons (Fsp3) is 0.444. The van der Waals surface area contributed by atoms with Gasteiger partial charge in [-0.1, -0.05) is 0 Å². The van der Waals surface area contributed by atoms with Gasteiger partial charge in [-0.05, 0) is 0 Å². The number of phosphoric acid groups is 3. The molecule has 158 valence electrons. The van der Waals surface area contributed by atoms with Crippen LogP contribution in [0.4, 0.5) is 0 Å². The number of hydrogen-bond donors (Lipinski definition) is 0. The number of fused-ring (bicyclic) bond motifs is 1. The van der Waals surface area contributed by atoms with Crippen LogP contribution in [-0.4, -0.2) is 25.3 Å². The highest BCUT2D eigenvalue weighted by Crippen LogP contribution is 2.60. The van der Waals surface area contributed by atoms with Crippen LogP contribution in [0.15, 0.2) is 15.9 Å². The van der Waals surface area contributed by atoms with Crippen LogP contribution >= 0.6 is 23.5 Å². The topological polar surface area (TPSA) is 233 Å². The van der Waals surface area contributed by atoms with Crippen molar-refractivity contribution in [2.24, 2.45) is 14.1 Å². The lowest BCUT2D eigenvalue weighted by Crippen LogP contribution is -2.37. The van der Waals surface area contributed by atoms with Crippen LogP contribution < -0.4 is 30.8 Å². The number of phosphoric ester groups is 1. The van der Waals surface area contributed by atoms with Crippen LogP contribution in [0.2, 0.25) is 0 Å². The summed E-state index contributed by atoms with van der Waals surface area (Å²) in [5.74, 6) is 0. The summed E-state index contributed by atoms with van der Waals surface area (Å²) in [5.41, 5.74) is -1.42. The van der Waals surface area contributed by atoms with E-state index in [1.165, 1.54) is 14.1 Å². The van der Waals surface area contributed by atoms with Crippen molar-refractivity contribution in [1.82, 2.24) is 18.7 Å². The molecule has 0 aromatic carbocycles. The van der Waals surface area contributed by atoms with E-state index in [2.05, 4.69) is 18.1 Å². The molecule has 16 nitrogen and oxygen atoms in total. The minimum atomic E-state index is -6.08. The second-order valence-electron chi connectivity index (χ2n) is 5.15. The first-order valence-electron chi connectivity index (χ1n) is 6.96. The number of nitrogens with zero attached hydrogens (tertiary/aromatic N) is 4. The Bertz CT molecular complexity index is 1160. The minimum Gasteiger partial charge on any atom is -0.790 e. The van der Waals surface area contributed by atoms with Crippen molar-refractivity contribution < 1.29 is 46.4 Å². The van der Waals surface area contributed by atoms with E-state index in [-0.39, 0.29) is 17.7 Å². The molecule has 0 saturated heterocycles. The van der Waals surface area contributed by atoms with E-state index in [0.29, 0.717) is 0 Å². The van der Waals surface area contributed by atoms with Crippen molar-refractivity contribution in [3.63, 3.8) is 0 Å². The number of aryl methyl sites for hydroxylation is 1. The molecule has 0 saturated carbocycles. The maximum Gasteiger partial charge on any atom is 0.332 e. The highest BCUT2D eigenvalue weighted by Gasteiger charge is 2.22. The van der Waals surface area contributed by atoms with Gasteiger partial charge >= 0.3 is 5.69 Å². The standard InChI is InChI=1S/C9H15N4O12P3/c1-11-7-6(8(14)12(2)9(11)15)13(5-10-7)3-4-23-27(19,20)25-28(21,22)24-26(16,17)18/h5H,3-4H2,1-2H3,(H,19,20)(H,21,22)(H2,16,17,18)/p-4. The number of aromatic nitrogens is 4. The summed E-state index contributed by atoms with van der Waals surface area (Å²) < 4.78 is 46.4. The molecule has 0 aliphatic carbocycles. The molecular formula is C9H11N4O12P3-4. The normalized spacial score (nSPS) is 16.8. The van der Waals surface area contributed by atoms with Crippen molar-refractivity contribution in [3.05, 3.63) is 27.2 Å². The molecular weight excluding hydrogens is 449 g/mol. The molecule has 0 radical (unpaired) electrons. The Hall–Kier alpha value is -1.44. The van der Waals surface area contributed by atoms with E-state index in [4.69, 9.17) is 0 Å². The van der Waals surface area contributed by atoms with Gasteiger partial charge < -0.3 is 33.2 Å². The van der Waals surface area contributed by atoms with Gasteiger partial charge in [0, 0.05) is 20.6 Å². The Kier molecular flexibility index (Phi) is 6.34. The average Bonchev–Trinajstić information content (AvgIpc) is 2.91. The second-order valence-corrected chi connectivity index (χ2v) is 9.40. The third-order valence-corrected chi connectivity index (χ3v) is 6.90. The van der Waals surface area contributed by atoms with Crippen molar-refractivity contribution in [2.75, 3.05) is 6.61 Å². The minimum absolute atomic E-state index is 0.00811. The fourth-order valence-corrected chi connectivity index (χ4v) is 4.94. The van der Waals surface area contributed by atoms with Gasteiger partial charge in [0.1, 0.15) is 0 Å². The van der Waals surface area contributed by atoms with Crippen molar-refractivity contribution >= 4 is 34.6 Å². The molecule has 28 heavy (non-hydrogen) atoms. The lowest BCUT2D eigenvalue weighted by atomic mass is 10.5. The van der Waals surface area contributed by atoms with Crippen LogP contribution in [-0.2, 0) is 47.5 Å². The van der Waals surface area contributed by atoms with Gasteiger partial charge in [-0.15, -0.1) is 0 Å². The molecule has 0 spiro atoms. The number of hydrogen-bond acceptors (Lipinski definition) is 13. The summed E-state index contributed by atoms with van der Waals surface area (Å²) in [6, 6.07) is 0. The highest BCUT2D eigenvalue weighted by atomic mass is 31.3. The number of imidazole rings is 1. The largest absolute Gasteiger partial charge is 0.790 e. The Morgan fingerprint density at radius 3 is 2.18 bits per heavy atom. The van der Waals surface area contributed by atoms with Gasteiger partial charge in [0.2, 0.25) is 0 Å². The van der Waals surface area contributed by atoms with E-state index in [1.807, 2.05) is 0 Å². The molecule has 0 fully saturated rings. The van der Waals surface area contributed by atoms with E-state index in [1.54, 1.807) is 0 Å². The van der Waals surface area contributed by atoms with Crippen LogP contribution in [0, 0.1) is 0 Å². The van der Waals surface area contributed by atoms with Gasteiger partial charge in [-0.2, -0.15) is 0 Å².